The van der Waals surface area contributed by atoms with Crippen molar-refractivity contribution in [2.75, 3.05) is 38.2 Å². The number of hydrogen-bond donors (Lipinski definition) is 2. The highest BCUT2D eigenvalue weighted by atomic mass is 79.9. The van der Waals surface area contributed by atoms with E-state index in [0.29, 0.717) is 65.9 Å². The predicted octanol–water partition coefficient (Wildman–Crippen LogP) is 4.47. The summed E-state index contributed by atoms with van der Waals surface area (Å²) in [6.45, 7) is 7.21. The SMILES string of the molecule is CC(C)CCOc1ccc(C(=O)NC(=S)Nc2ccc(C(=O)N3CCOCC3)cc2)cc1Br. The number of carbonyl (C=O) groups is 2. The van der Waals surface area contributed by atoms with Crippen LogP contribution in [0.15, 0.2) is 46.9 Å². The number of carbonyl (C=O) groups excluding carboxylic acids is 2. The Bertz CT molecular complexity index is 992. The predicted molar refractivity (Wildman–Crippen MR) is 136 cm³/mol. The zero-order chi connectivity index (χ0) is 23.8. The number of nitrogens with one attached hydrogen (secondary N) is 2. The largest absolute Gasteiger partial charge is 0.492 e. The third kappa shape index (κ3) is 7.52. The molecule has 0 aromatic heterocycles. The van der Waals surface area contributed by atoms with Crippen LogP contribution in [0, 0.1) is 5.92 Å². The van der Waals surface area contributed by atoms with Gasteiger partial charge in [-0.2, -0.15) is 0 Å². The van der Waals surface area contributed by atoms with Crippen LogP contribution in [-0.2, 0) is 4.74 Å². The van der Waals surface area contributed by atoms with Crippen LogP contribution in [0.4, 0.5) is 5.69 Å². The van der Waals surface area contributed by atoms with Gasteiger partial charge in [0.25, 0.3) is 11.8 Å². The molecule has 0 saturated carbocycles. The van der Waals surface area contributed by atoms with Crippen LogP contribution in [0.3, 0.4) is 0 Å². The lowest BCUT2D eigenvalue weighted by Gasteiger charge is -2.26. The van der Waals surface area contributed by atoms with E-state index in [0.717, 1.165) is 6.42 Å². The topological polar surface area (TPSA) is 79.9 Å². The minimum absolute atomic E-state index is 0.0251. The van der Waals surface area contributed by atoms with Gasteiger partial charge in [-0.15, -0.1) is 0 Å². The number of anilines is 1. The summed E-state index contributed by atoms with van der Waals surface area (Å²) in [7, 11) is 0. The second-order valence-electron chi connectivity index (χ2n) is 8.07. The van der Waals surface area contributed by atoms with Gasteiger partial charge in [-0.05, 0) is 83.0 Å². The van der Waals surface area contributed by atoms with Crippen LogP contribution >= 0.6 is 28.1 Å². The van der Waals surface area contributed by atoms with E-state index in [1.165, 1.54) is 0 Å². The fraction of sp³-hybridized carbons (Fsp3) is 0.375. The van der Waals surface area contributed by atoms with Crippen LogP contribution in [0.5, 0.6) is 5.75 Å². The Hall–Kier alpha value is -2.49. The Morgan fingerprint density at radius 2 is 1.79 bits per heavy atom. The number of ether oxygens (including phenoxy) is 2. The molecule has 3 rings (SSSR count). The zero-order valence-electron chi connectivity index (χ0n) is 18.7. The number of hydrogen-bond acceptors (Lipinski definition) is 5. The smallest absolute Gasteiger partial charge is 0.257 e. The van der Waals surface area contributed by atoms with E-state index in [-0.39, 0.29) is 16.9 Å². The van der Waals surface area contributed by atoms with Crippen molar-refractivity contribution in [1.82, 2.24) is 10.2 Å². The van der Waals surface area contributed by atoms with Gasteiger partial charge in [0, 0.05) is 29.9 Å². The van der Waals surface area contributed by atoms with E-state index < -0.39 is 0 Å². The lowest BCUT2D eigenvalue weighted by molar-refractivity contribution is 0.0303. The lowest BCUT2D eigenvalue weighted by Crippen LogP contribution is -2.40. The maximum Gasteiger partial charge on any atom is 0.257 e. The monoisotopic (exact) mass is 533 g/mol. The molecule has 0 unspecified atom stereocenters. The van der Waals surface area contributed by atoms with E-state index >= 15 is 0 Å². The van der Waals surface area contributed by atoms with Gasteiger partial charge in [0.05, 0.1) is 24.3 Å². The van der Waals surface area contributed by atoms with E-state index in [4.69, 9.17) is 21.7 Å². The highest BCUT2D eigenvalue weighted by Crippen LogP contribution is 2.26. The molecule has 33 heavy (non-hydrogen) atoms. The van der Waals surface area contributed by atoms with Gasteiger partial charge >= 0.3 is 0 Å². The van der Waals surface area contributed by atoms with E-state index in [1.807, 2.05) is 0 Å². The first-order chi connectivity index (χ1) is 15.8. The van der Waals surface area contributed by atoms with Gasteiger partial charge in [0.2, 0.25) is 0 Å². The molecule has 1 saturated heterocycles. The summed E-state index contributed by atoms with van der Waals surface area (Å²) in [6.07, 6.45) is 0.955. The van der Waals surface area contributed by atoms with Crippen molar-refractivity contribution in [1.29, 1.82) is 0 Å². The standard InChI is InChI=1S/C24H28BrN3O4S/c1-16(2)9-12-32-21-8-5-18(15-20(21)25)22(29)27-24(33)26-19-6-3-17(4-7-19)23(30)28-10-13-31-14-11-28/h3-8,15-16H,9-14H2,1-2H3,(H2,26,27,29,33). The normalized spacial score (nSPS) is 13.5. The van der Waals surface area contributed by atoms with Crippen molar-refractivity contribution in [2.24, 2.45) is 5.92 Å². The van der Waals surface area contributed by atoms with Crippen molar-refractivity contribution < 1.29 is 19.1 Å². The molecule has 0 aliphatic carbocycles. The van der Waals surface area contributed by atoms with E-state index in [9.17, 15) is 9.59 Å². The Morgan fingerprint density at radius 1 is 1.12 bits per heavy atom. The maximum atomic E-state index is 12.6. The van der Waals surface area contributed by atoms with Crippen molar-refractivity contribution in [3.63, 3.8) is 0 Å². The van der Waals surface area contributed by atoms with Crippen LogP contribution in [0.25, 0.3) is 0 Å². The lowest BCUT2D eigenvalue weighted by atomic mass is 10.1. The van der Waals surface area contributed by atoms with E-state index in [1.54, 1.807) is 47.4 Å². The molecular weight excluding hydrogens is 506 g/mol. The first-order valence-corrected chi connectivity index (χ1v) is 12.1. The first kappa shape index (κ1) is 25.1. The molecule has 1 fully saturated rings. The molecule has 1 aliphatic rings. The van der Waals surface area contributed by atoms with Gasteiger partial charge < -0.3 is 19.7 Å². The number of thiocarbonyl (C=S) groups is 1. The molecule has 2 aromatic carbocycles. The molecule has 2 amide bonds. The second kappa shape index (κ2) is 12.1. The number of benzene rings is 2. The Kier molecular flexibility index (Phi) is 9.22. The fourth-order valence-electron chi connectivity index (χ4n) is 3.15. The van der Waals surface area contributed by atoms with Crippen molar-refractivity contribution in [2.45, 2.75) is 20.3 Å². The third-order valence-electron chi connectivity index (χ3n) is 5.06. The molecule has 176 valence electrons. The summed E-state index contributed by atoms with van der Waals surface area (Å²) in [5.41, 5.74) is 1.72. The Balaban J connectivity index is 1.52. The average molecular weight is 534 g/mol. The summed E-state index contributed by atoms with van der Waals surface area (Å²) in [6, 6.07) is 12.1. The summed E-state index contributed by atoms with van der Waals surface area (Å²) in [5, 5.41) is 5.81. The van der Waals surface area contributed by atoms with E-state index in [2.05, 4.69) is 40.4 Å². The minimum atomic E-state index is -0.332. The number of halogens is 1. The first-order valence-electron chi connectivity index (χ1n) is 10.8. The highest BCUT2D eigenvalue weighted by Gasteiger charge is 2.18. The van der Waals surface area contributed by atoms with Crippen molar-refractivity contribution in [3.05, 3.63) is 58.1 Å². The summed E-state index contributed by atoms with van der Waals surface area (Å²) < 4.78 is 11.8. The molecule has 9 heteroatoms. The number of morpholine rings is 1. The molecule has 0 spiro atoms. The van der Waals surface area contributed by atoms with Gasteiger partial charge in [0.15, 0.2) is 5.11 Å². The van der Waals surface area contributed by atoms with Crippen LogP contribution in [0.1, 0.15) is 41.0 Å². The molecule has 2 N–H and O–H groups in total. The molecule has 2 aromatic rings. The molecule has 1 heterocycles. The average Bonchev–Trinajstić information content (AvgIpc) is 2.80. The van der Waals surface area contributed by atoms with Gasteiger partial charge in [-0.3, -0.25) is 14.9 Å². The Morgan fingerprint density at radius 3 is 2.42 bits per heavy atom. The maximum absolute atomic E-state index is 12.6. The quantitative estimate of drug-likeness (QED) is 0.511. The fourth-order valence-corrected chi connectivity index (χ4v) is 3.85. The van der Waals surface area contributed by atoms with Crippen molar-refractivity contribution in [3.8, 4) is 5.75 Å². The van der Waals surface area contributed by atoms with Gasteiger partial charge in [-0.25, -0.2) is 0 Å². The summed E-state index contributed by atoms with van der Waals surface area (Å²) in [4.78, 5) is 26.9. The van der Waals surface area contributed by atoms with Crippen LogP contribution in [0.2, 0.25) is 0 Å². The molecule has 7 nitrogen and oxygen atoms in total. The van der Waals surface area contributed by atoms with Gasteiger partial charge in [-0.1, -0.05) is 13.8 Å². The molecule has 0 bridgehead atoms. The minimum Gasteiger partial charge on any atom is -0.492 e. The second-order valence-corrected chi connectivity index (χ2v) is 9.33. The zero-order valence-corrected chi connectivity index (χ0v) is 21.1. The van der Waals surface area contributed by atoms with Crippen molar-refractivity contribution >= 4 is 50.8 Å². The third-order valence-corrected chi connectivity index (χ3v) is 5.89. The molecule has 0 radical (unpaired) electrons. The molecule has 1 aliphatic heterocycles. The highest BCUT2D eigenvalue weighted by molar-refractivity contribution is 9.10. The molecular formula is C24H28BrN3O4S. The van der Waals surface area contributed by atoms with Crippen LogP contribution in [-0.4, -0.2) is 54.7 Å². The van der Waals surface area contributed by atoms with Crippen LogP contribution < -0.4 is 15.4 Å². The number of rotatable bonds is 7. The Labute approximate surface area is 207 Å². The number of nitrogens with zero attached hydrogens (tertiary/aromatic N) is 1. The summed E-state index contributed by atoms with van der Waals surface area (Å²) in [5.74, 6) is 0.896. The molecule has 0 atom stereocenters. The summed E-state index contributed by atoms with van der Waals surface area (Å²) >= 11 is 8.73. The number of amides is 2. The van der Waals surface area contributed by atoms with Gasteiger partial charge in [0.1, 0.15) is 5.75 Å².